The van der Waals surface area contributed by atoms with Crippen LogP contribution in [0.3, 0.4) is 0 Å². The van der Waals surface area contributed by atoms with Gasteiger partial charge in [0.1, 0.15) is 24.4 Å². The first-order chi connectivity index (χ1) is 33.0. The van der Waals surface area contributed by atoms with E-state index in [1.807, 2.05) is 24.3 Å². The highest BCUT2D eigenvalue weighted by atomic mass is 32.2. The number of unbranched alkanes of at least 4 members (excludes halogenated alkanes) is 24. The zero-order valence-electron chi connectivity index (χ0n) is 43.4. The van der Waals surface area contributed by atoms with E-state index >= 15 is 0 Å². The Kier molecular flexibility index (Phi) is 31.5. The van der Waals surface area contributed by atoms with E-state index in [9.17, 15) is 19.2 Å². The van der Waals surface area contributed by atoms with Crippen LogP contribution in [0.5, 0.6) is 0 Å². The molecule has 384 valence electrons. The van der Waals surface area contributed by atoms with Crippen molar-refractivity contribution in [2.75, 3.05) is 24.7 Å². The molecule has 1 amide bonds. The Bertz CT molecular complexity index is 1630. The first kappa shape index (κ1) is 58.8. The number of fused-ring (bicyclic) bond motifs is 3. The van der Waals surface area contributed by atoms with Crippen LogP contribution in [-0.2, 0) is 33.3 Å². The van der Waals surface area contributed by atoms with Crippen molar-refractivity contribution in [2.45, 2.75) is 244 Å². The molecule has 1 aliphatic carbocycles. The largest absolute Gasteiger partial charge is 0.466 e. The fourth-order valence-corrected chi connectivity index (χ4v) is 10.1. The summed E-state index contributed by atoms with van der Waals surface area (Å²) in [4.78, 5) is 52.7. The number of esters is 3. The number of nitrogens with one attached hydrogen (secondary N) is 1. The SMILES string of the molecule is CCCCCCCCCCCCCCCC(=O)OCC[C@H](CSC[C@H](NC(=O)OCC1c2ccccc2-c2ccccc21)C(=O)OC(C)(C)C)OC(=O)CCCCCCCCCCCCCCC. The molecule has 1 N–H and O–H groups in total. The third kappa shape index (κ3) is 26.4. The second-order valence-corrected chi connectivity index (χ2v) is 21.3. The molecule has 2 atom stereocenters. The van der Waals surface area contributed by atoms with Gasteiger partial charge in [-0.1, -0.05) is 216 Å². The first-order valence-electron chi connectivity index (χ1n) is 27.3. The lowest BCUT2D eigenvalue weighted by molar-refractivity contribution is -0.157. The number of carbonyl (C=O) groups excluding carboxylic acids is 4. The normalized spacial score (nSPS) is 13.1. The van der Waals surface area contributed by atoms with E-state index in [0.717, 1.165) is 60.8 Å². The molecule has 10 heteroatoms. The summed E-state index contributed by atoms with van der Waals surface area (Å²) in [6.45, 7) is 10.1. The Morgan fingerprint density at radius 2 is 0.985 bits per heavy atom. The molecule has 1 aliphatic rings. The predicted molar refractivity (Wildman–Crippen MR) is 281 cm³/mol. The van der Waals surface area contributed by atoms with Crippen LogP contribution in [-0.4, -0.2) is 66.5 Å². The summed E-state index contributed by atoms with van der Waals surface area (Å²) in [5, 5.41) is 2.77. The molecule has 9 nitrogen and oxygen atoms in total. The Morgan fingerprint density at radius 3 is 1.44 bits per heavy atom. The maximum absolute atomic E-state index is 13.5. The monoisotopic (exact) mass is 964 g/mol. The van der Waals surface area contributed by atoms with Gasteiger partial charge in [-0.15, -0.1) is 0 Å². The summed E-state index contributed by atoms with van der Waals surface area (Å²) in [5.74, 6) is -0.665. The second-order valence-electron chi connectivity index (χ2n) is 20.2. The van der Waals surface area contributed by atoms with Gasteiger partial charge in [-0.25, -0.2) is 9.59 Å². The van der Waals surface area contributed by atoms with Crippen molar-refractivity contribution in [1.29, 1.82) is 0 Å². The number of rotatable bonds is 40. The Balaban J connectivity index is 1.46. The summed E-state index contributed by atoms with van der Waals surface area (Å²) < 4.78 is 23.2. The molecule has 2 aromatic rings. The zero-order valence-corrected chi connectivity index (χ0v) is 44.2. The summed E-state index contributed by atoms with van der Waals surface area (Å²) in [6, 6.07) is 15.3. The van der Waals surface area contributed by atoms with E-state index in [1.165, 1.54) is 140 Å². The fourth-order valence-electron chi connectivity index (χ4n) is 9.01. The van der Waals surface area contributed by atoms with Gasteiger partial charge in [-0.3, -0.25) is 9.59 Å². The van der Waals surface area contributed by atoms with Crippen molar-refractivity contribution in [3.05, 3.63) is 59.7 Å². The Morgan fingerprint density at radius 1 is 0.559 bits per heavy atom. The molecule has 0 saturated heterocycles. The summed E-state index contributed by atoms with van der Waals surface area (Å²) in [5.41, 5.74) is 3.68. The molecule has 0 fully saturated rings. The van der Waals surface area contributed by atoms with Gasteiger partial charge in [0, 0.05) is 36.7 Å². The predicted octanol–water partition coefficient (Wildman–Crippen LogP) is 15.8. The molecule has 0 radical (unpaired) electrons. The fraction of sp³-hybridized carbons (Fsp3) is 0.724. The highest BCUT2D eigenvalue weighted by molar-refractivity contribution is 7.99. The number of ether oxygens (including phenoxy) is 4. The number of hydrogen-bond donors (Lipinski definition) is 1. The van der Waals surface area contributed by atoms with Crippen molar-refractivity contribution in [1.82, 2.24) is 5.32 Å². The standard InChI is InChI=1S/C58H93NO8S/c1-6-8-10-12-14-16-18-20-22-24-26-28-30-40-54(60)64-43-42-47(66-55(61)41-31-29-27-25-23-21-19-17-15-13-11-9-7-2)45-68-46-53(56(62)67-58(3,4)5)59-57(63)65-44-52-50-38-34-32-36-48(50)49-37-33-35-39-51(49)52/h32-39,47,52-53H,6-31,40-46H2,1-5H3,(H,59,63)/t47-,53+/m1/s1. The summed E-state index contributed by atoms with van der Waals surface area (Å²) in [7, 11) is 0. The van der Waals surface area contributed by atoms with E-state index in [1.54, 1.807) is 20.8 Å². The number of amides is 1. The molecule has 0 spiro atoms. The number of benzene rings is 2. The minimum Gasteiger partial charge on any atom is -0.466 e. The topological polar surface area (TPSA) is 117 Å². The lowest BCUT2D eigenvalue weighted by Crippen LogP contribution is -2.46. The molecule has 0 bridgehead atoms. The maximum atomic E-state index is 13.5. The van der Waals surface area contributed by atoms with Crippen LogP contribution in [0.4, 0.5) is 4.79 Å². The van der Waals surface area contributed by atoms with Crippen LogP contribution in [0.25, 0.3) is 11.1 Å². The Labute approximate surface area is 417 Å². The molecule has 0 aliphatic heterocycles. The van der Waals surface area contributed by atoms with E-state index in [4.69, 9.17) is 18.9 Å². The van der Waals surface area contributed by atoms with Crippen LogP contribution < -0.4 is 5.32 Å². The molecule has 2 aromatic carbocycles. The first-order valence-corrected chi connectivity index (χ1v) is 28.4. The van der Waals surface area contributed by atoms with Gasteiger partial charge < -0.3 is 24.3 Å². The van der Waals surface area contributed by atoms with E-state index in [-0.39, 0.29) is 36.8 Å². The van der Waals surface area contributed by atoms with Crippen LogP contribution in [0, 0.1) is 0 Å². The van der Waals surface area contributed by atoms with E-state index < -0.39 is 29.8 Å². The number of hydrogen-bond acceptors (Lipinski definition) is 9. The molecule has 0 aromatic heterocycles. The maximum Gasteiger partial charge on any atom is 0.407 e. The van der Waals surface area contributed by atoms with Gasteiger partial charge in [0.25, 0.3) is 0 Å². The van der Waals surface area contributed by atoms with Crippen molar-refractivity contribution in [2.24, 2.45) is 0 Å². The summed E-state index contributed by atoms with van der Waals surface area (Å²) >= 11 is 1.38. The van der Waals surface area contributed by atoms with Crippen molar-refractivity contribution in [3.8, 4) is 11.1 Å². The van der Waals surface area contributed by atoms with Crippen molar-refractivity contribution >= 4 is 35.8 Å². The van der Waals surface area contributed by atoms with Gasteiger partial charge >= 0.3 is 24.0 Å². The highest BCUT2D eigenvalue weighted by Gasteiger charge is 2.31. The third-order valence-electron chi connectivity index (χ3n) is 12.9. The van der Waals surface area contributed by atoms with Gasteiger partial charge in [0.05, 0.1) is 6.61 Å². The van der Waals surface area contributed by atoms with Crippen molar-refractivity contribution in [3.63, 3.8) is 0 Å². The molecular weight excluding hydrogens is 871 g/mol. The smallest absolute Gasteiger partial charge is 0.407 e. The number of alkyl carbamates (subject to hydrolysis) is 1. The molecule has 0 unspecified atom stereocenters. The van der Waals surface area contributed by atoms with E-state index in [2.05, 4.69) is 43.4 Å². The quantitative estimate of drug-likeness (QED) is 0.0396. The van der Waals surface area contributed by atoms with Crippen molar-refractivity contribution < 1.29 is 38.1 Å². The van der Waals surface area contributed by atoms with Gasteiger partial charge in [-0.2, -0.15) is 11.8 Å². The molecule has 0 saturated carbocycles. The zero-order chi connectivity index (χ0) is 49.1. The van der Waals surface area contributed by atoms with Gasteiger partial charge in [0.15, 0.2) is 0 Å². The average molecular weight is 964 g/mol. The van der Waals surface area contributed by atoms with Crippen LogP contribution in [0.1, 0.15) is 238 Å². The Hall–Kier alpha value is -3.53. The highest BCUT2D eigenvalue weighted by Crippen LogP contribution is 2.44. The lowest BCUT2D eigenvalue weighted by atomic mass is 9.98. The lowest BCUT2D eigenvalue weighted by Gasteiger charge is -2.25. The minimum absolute atomic E-state index is 0.114. The minimum atomic E-state index is -1.00. The molecular formula is C58H93NO8S. The third-order valence-corrected chi connectivity index (χ3v) is 14.1. The number of thioether (sulfide) groups is 1. The molecule has 3 rings (SSSR count). The molecule has 68 heavy (non-hydrogen) atoms. The van der Waals surface area contributed by atoms with Gasteiger partial charge in [0.2, 0.25) is 0 Å². The number of carbonyl (C=O) groups is 4. The second kappa shape index (κ2) is 36.4. The van der Waals surface area contributed by atoms with Crippen LogP contribution >= 0.6 is 11.8 Å². The average Bonchev–Trinajstić information content (AvgIpc) is 3.63. The van der Waals surface area contributed by atoms with Crippen LogP contribution in [0.15, 0.2) is 48.5 Å². The van der Waals surface area contributed by atoms with Gasteiger partial charge in [-0.05, 0) is 55.9 Å². The van der Waals surface area contributed by atoms with Crippen LogP contribution in [0.2, 0.25) is 0 Å². The summed E-state index contributed by atoms with van der Waals surface area (Å²) in [6.07, 6.45) is 32.0. The van der Waals surface area contributed by atoms with E-state index in [0.29, 0.717) is 25.0 Å². The molecule has 0 heterocycles.